The molecule has 0 bridgehead atoms. The number of aromatic carboxylic acids is 1. The van der Waals surface area contributed by atoms with Gasteiger partial charge < -0.3 is 10.8 Å². The van der Waals surface area contributed by atoms with Crippen LogP contribution in [0.3, 0.4) is 0 Å². The van der Waals surface area contributed by atoms with Crippen molar-refractivity contribution in [2.45, 2.75) is 0 Å². The Morgan fingerprint density at radius 2 is 2.00 bits per heavy atom. The lowest BCUT2D eigenvalue weighted by Crippen LogP contribution is -2.05. The Hall–Kier alpha value is -2.37. The van der Waals surface area contributed by atoms with E-state index in [1.54, 1.807) is 24.3 Å². The molecule has 0 atom stereocenters. The molecule has 15 heavy (non-hydrogen) atoms. The van der Waals surface area contributed by atoms with Gasteiger partial charge in [0.25, 0.3) is 0 Å². The third-order valence-electron chi connectivity index (χ3n) is 1.91. The highest BCUT2D eigenvalue weighted by molar-refractivity contribution is 5.90. The van der Waals surface area contributed by atoms with Gasteiger partial charge in [0.1, 0.15) is 0 Å². The maximum absolute atomic E-state index is 10.7. The van der Waals surface area contributed by atoms with E-state index < -0.39 is 5.97 Å². The first-order valence-electron chi connectivity index (χ1n) is 4.20. The SMILES string of the molecule is Nc1c(C(=O)O)nnn1-c1ccccc1. The monoisotopic (exact) mass is 204 g/mol. The van der Waals surface area contributed by atoms with E-state index in [2.05, 4.69) is 10.3 Å². The van der Waals surface area contributed by atoms with E-state index >= 15 is 0 Å². The van der Waals surface area contributed by atoms with Crippen molar-refractivity contribution in [2.24, 2.45) is 0 Å². The minimum Gasteiger partial charge on any atom is -0.476 e. The van der Waals surface area contributed by atoms with Gasteiger partial charge in [0.05, 0.1) is 5.69 Å². The highest BCUT2D eigenvalue weighted by Gasteiger charge is 2.16. The smallest absolute Gasteiger partial charge is 0.360 e. The molecule has 0 aliphatic heterocycles. The van der Waals surface area contributed by atoms with E-state index in [9.17, 15) is 4.79 Å². The zero-order valence-electron chi connectivity index (χ0n) is 7.66. The van der Waals surface area contributed by atoms with Gasteiger partial charge in [0.15, 0.2) is 5.82 Å². The summed E-state index contributed by atoms with van der Waals surface area (Å²) in [5, 5.41) is 15.9. The summed E-state index contributed by atoms with van der Waals surface area (Å²) in [6.45, 7) is 0. The predicted octanol–water partition coefficient (Wildman–Crippen LogP) is 0.548. The van der Waals surface area contributed by atoms with Crippen molar-refractivity contribution in [3.63, 3.8) is 0 Å². The van der Waals surface area contributed by atoms with Crippen molar-refractivity contribution in [1.29, 1.82) is 0 Å². The van der Waals surface area contributed by atoms with Crippen LogP contribution < -0.4 is 5.73 Å². The molecule has 6 nitrogen and oxygen atoms in total. The predicted molar refractivity (Wildman–Crippen MR) is 52.7 cm³/mol. The van der Waals surface area contributed by atoms with Gasteiger partial charge in [0.2, 0.25) is 5.69 Å². The summed E-state index contributed by atoms with van der Waals surface area (Å²) in [6.07, 6.45) is 0. The van der Waals surface area contributed by atoms with E-state index in [-0.39, 0.29) is 11.5 Å². The Balaban J connectivity index is 2.52. The van der Waals surface area contributed by atoms with Crippen LogP contribution >= 0.6 is 0 Å². The van der Waals surface area contributed by atoms with Gasteiger partial charge in [-0.2, -0.15) is 4.68 Å². The third kappa shape index (κ3) is 1.52. The fraction of sp³-hybridized carbons (Fsp3) is 0. The van der Waals surface area contributed by atoms with E-state index in [0.29, 0.717) is 5.69 Å². The van der Waals surface area contributed by atoms with Crippen LogP contribution in [0.25, 0.3) is 5.69 Å². The molecule has 1 heterocycles. The molecule has 0 spiro atoms. The highest BCUT2D eigenvalue weighted by Crippen LogP contribution is 2.13. The lowest BCUT2D eigenvalue weighted by Gasteiger charge is -2.01. The van der Waals surface area contributed by atoms with Gasteiger partial charge >= 0.3 is 5.97 Å². The zero-order chi connectivity index (χ0) is 10.8. The first-order valence-corrected chi connectivity index (χ1v) is 4.20. The molecule has 0 aliphatic carbocycles. The Morgan fingerprint density at radius 1 is 1.33 bits per heavy atom. The van der Waals surface area contributed by atoms with Gasteiger partial charge in [-0.25, -0.2) is 4.79 Å². The number of aromatic nitrogens is 3. The zero-order valence-corrected chi connectivity index (χ0v) is 7.66. The van der Waals surface area contributed by atoms with Crippen LogP contribution in [0.5, 0.6) is 0 Å². The number of nitrogen functional groups attached to an aromatic ring is 1. The number of nitrogens with zero attached hydrogens (tertiary/aromatic N) is 3. The molecular formula is C9H8N4O2. The molecule has 0 aliphatic rings. The van der Waals surface area contributed by atoms with Gasteiger partial charge in [-0.15, -0.1) is 5.10 Å². The molecule has 0 unspecified atom stereocenters. The molecular weight excluding hydrogens is 196 g/mol. The highest BCUT2D eigenvalue weighted by atomic mass is 16.4. The summed E-state index contributed by atoms with van der Waals surface area (Å²) < 4.78 is 1.28. The molecule has 76 valence electrons. The van der Waals surface area contributed by atoms with Crippen LogP contribution in [0.15, 0.2) is 30.3 Å². The Labute approximate surface area is 84.9 Å². The minimum atomic E-state index is -1.19. The van der Waals surface area contributed by atoms with E-state index in [1.165, 1.54) is 4.68 Å². The molecule has 0 radical (unpaired) electrons. The summed E-state index contributed by atoms with van der Waals surface area (Å²) >= 11 is 0. The van der Waals surface area contributed by atoms with Crippen molar-refractivity contribution in [1.82, 2.24) is 15.0 Å². The number of hydrogen-bond donors (Lipinski definition) is 2. The van der Waals surface area contributed by atoms with Gasteiger partial charge in [-0.3, -0.25) is 0 Å². The molecule has 3 N–H and O–H groups in total. The third-order valence-corrected chi connectivity index (χ3v) is 1.91. The van der Waals surface area contributed by atoms with Crippen molar-refractivity contribution in [2.75, 3.05) is 5.73 Å². The lowest BCUT2D eigenvalue weighted by molar-refractivity contribution is 0.0691. The standard InChI is InChI=1S/C9H8N4O2/c10-8-7(9(14)15)11-12-13(8)6-4-2-1-3-5-6/h1-5H,10H2,(H,14,15). The molecule has 6 heteroatoms. The first-order chi connectivity index (χ1) is 7.20. The second kappa shape index (κ2) is 3.41. The number of para-hydroxylation sites is 1. The Bertz CT molecular complexity index is 492. The van der Waals surface area contributed by atoms with Crippen LogP contribution in [-0.4, -0.2) is 26.1 Å². The molecule has 2 aromatic rings. The van der Waals surface area contributed by atoms with Crippen LogP contribution in [0.2, 0.25) is 0 Å². The van der Waals surface area contributed by atoms with Gasteiger partial charge in [-0.05, 0) is 12.1 Å². The number of carboxylic acid groups (broad SMARTS) is 1. The molecule has 0 saturated heterocycles. The number of carbonyl (C=O) groups is 1. The van der Waals surface area contributed by atoms with Crippen molar-refractivity contribution >= 4 is 11.8 Å². The van der Waals surface area contributed by atoms with E-state index in [0.717, 1.165) is 0 Å². The molecule has 0 fully saturated rings. The fourth-order valence-electron chi connectivity index (χ4n) is 1.20. The second-order valence-corrected chi connectivity index (χ2v) is 2.88. The molecule has 0 amide bonds. The summed E-state index contributed by atoms with van der Waals surface area (Å²) in [4.78, 5) is 10.7. The minimum absolute atomic E-state index is 0.0219. The quantitative estimate of drug-likeness (QED) is 0.744. The molecule has 1 aromatic carbocycles. The average molecular weight is 204 g/mol. The van der Waals surface area contributed by atoms with Crippen molar-refractivity contribution in [3.05, 3.63) is 36.0 Å². The Kier molecular flexibility index (Phi) is 2.09. The number of rotatable bonds is 2. The van der Waals surface area contributed by atoms with E-state index in [1.807, 2.05) is 6.07 Å². The molecule has 1 aromatic heterocycles. The summed E-state index contributed by atoms with van der Waals surface area (Å²) in [5.74, 6) is -1.16. The van der Waals surface area contributed by atoms with Crippen molar-refractivity contribution < 1.29 is 9.90 Å². The van der Waals surface area contributed by atoms with Crippen molar-refractivity contribution in [3.8, 4) is 5.69 Å². The summed E-state index contributed by atoms with van der Waals surface area (Å²) in [5.41, 5.74) is 6.03. The summed E-state index contributed by atoms with van der Waals surface area (Å²) in [7, 11) is 0. The lowest BCUT2D eigenvalue weighted by atomic mass is 10.3. The number of hydrogen-bond acceptors (Lipinski definition) is 4. The average Bonchev–Trinajstić information content (AvgIpc) is 2.61. The molecule has 0 saturated carbocycles. The largest absolute Gasteiger partial charge is 0.476 e. The summed E-state index contributed by atoms with van der Waals surface area (Å²) in [6, 6.07) is 8.97. The van der Waals surface area contributed by atoms with Crippen LogP contribution in [0.4, 0.5) is 5.82 Å². The second-order valence-electron chi connectivity index (χ2n) is 2.88. The van der Waals surface area contributed by atoms with E-state index in [4.69, 9.17) is 10.8 Å². The fourth-order valence-corrected chi connectivity index (χ4v) is 1.20. The van der Waals surface area contributed by atoms with Crippen LogP contribution in [0, 0.1) is 0 Å². The van der Waals surface area contributed by atoms with Crippen LogP contribution in [-0.2, 0) is 0 Å². The van der Waals surface area contributed by atoms with Crippen LogP contribution in [0.1, 0.15) is 10.5 Å². The molecule has 2 rings (SSSR count). The maximum Gasteiger partial charge on any atom is 0.360 e. The number of carboxylic acids is 1. The topological polar surface area (TPSA) is 94.0 Å². The number of anilines is 1. The first kappa shape index (κ1) is 9.20. The number of nitrogens with two attached hydrogens (primary N) is 1. The van der Waals surface area contributed by atoms with Gasteiger partial charge in [0, 0.05) is 0 Å². The number of benzene rings is 1. The maximum atomic E-state index is 10.7. The Morgan fingerprint density at radius 3 is 2.53 bits per heavy atom. The van der Waals surface area contributed by atoms with Gasteiger partial charge in [-0.1, -0.05) is 23.4 Å². The normalized spacial score (nSPS) is 10.1.